The van der Waals surface area contributed by atoms with Gasteiger partial charge in [-0.2, -0.15) is 5.10 Å². The van der Waals surface area contributed by atoms with Gasteiger partial charge in [0.1, 0.15) is 12.0 Å². The second kappa shape index (κ2) is 8.22. The predicted molar refractivity (Wildman–Crippen MR) is 119 cm³/mol. The highest BCUT2D eigenvalue weighted by atomic mass is 16.2. The number of pyridine rings is 1. The Morgan fingerprint density at radius 1 is 1.23 bits per heavy atom. The molecule has 0 aliphatic carbocycles. The molecule has 3 aromatic rings. The number of hydrogen-bond acceptors (Lipinski definition) is 5. The predicted octanol–water partition coefficient (Wildman–Crippen LogP) is 3.05. The maximum absolute atomic E-state index is 12.9. The van der Waals surface area contributed by atoms with Crippen LogP contribution in [0.15, 0.2) is 48.7 Å². The number of rotatable bonds is 5. The number of para-hydroxylation sites is 1. The van der Waals surface area contributed by atoms with Crippen LogP contribution in [0.1, 0.15) is 40.4 Å². The summed E-state index contributed by atoms with van der Waals surface area (Å²) in [5.41, 5.74) is 3.93. The Balaban J connectivity index is 1.56. The molecule has 1 aliphatic rings. The van der Waals surface area contributed by atoms with Gasteiger partial charge < -0.3 is 15.5 Å². The van der Waals surface area contributed by atoms with Crippen LogP contribution in [0.3, 0.4) is 0 Å². The minimum absolute atomic E-state index is 0.108. The fraction of sp³-hybridized carbons (Fsp3) is 0.304. The lowest BCUT2D eigenvalue weighted by Gasteiger charge is -2.36. The van der Waals surface area contributed by atoms with Crippen molar-refractivity contribution in [1.29, 1.82) is 0 Å². The summed E-state index contributed by atoms with van der Waals surface area (Å²) in [7, 11) is 1.87. The van der Waals surface area contributed by atoms with Crippen LogP contribution < -0.4 is 15.5 Å². The summed E-state index contributed by atoms with van der Waals surface area (Å²) in [4.78, 5) is 31.8. The third-order valence-electron chi connectivity index (χ3n) is 5.53. The number of anilines is 2. The normalized spacial score (nSPS) is 16.5. The number of benzene rings is 1. The van der Waals surface area contributed by atoms with E-state index in [9.17, 15) is 9.59 Å². The van der Waals surface area contributed by atoms with E-state index in [2.05, 4.69) is 20.7 Å². The summed E-state index contributed by atoms with van der Waals surface area (Å²) < 4.78 is 1.85. The third kappa shape index (κ3) is 4.01. The molecule has 8 nitrogen and oxygen atoms in total. The van der Waals surface area contributed by atoms with Gasteiger partial charge in [0.25, 0.3) is 5.91 Å². The molecule has 0 spiro atoms. The smallest absolute Gasteiger partial charge is 0.256 e. The lowest BCUT2D eigenvalue weighted by molar-refractivity contribution is -0.119. The minimum Gasteiger partial charge on any atom is -0.335 e. The zero-order valence-electron chi connectivity index (χ0n) is 18.1. The lowest BCUT2D eigenvalue weighted by atomic mass is 10.0. The van der Waals surface area contributed by atoms with Gasteiger partial charge in [-0.05, 0) is 38.1 Å². The highest BCUT2D eigenvalue weighted by Crippen LogP contribution is 2.33. The van der Waals surface area contributed by atoms with E-state index < -0.39 is 6.17 Å². The Labute approximate surface area is 181 Å². The van der Waals surface area contributed by atoms with Gasteiger partial charge in [-0.3, -0.25) is 14.3 Å². The van der Waals surface area contributed by atoms with Gasteiger partial charge in [0.2, 0.25) is 5.91 Å². The van der Waals surface area contributed by atoms with Crippen LogP contribution in [0.5, 0.6) is 0 Å². The van der Waals surface area contributed by atoms with Crippen molar-refractivity contribution < 1.29 is 9.59 Å². The summed E-state index contributed by atoms with van der Waals surface area (Å²) in [6, 6.07) is 13.0. The van der Waals surface area contributed by atoms with E-state index in [1.165, 1.54) is 0 Å². The highest BCUT2D eigenvalue weighted by molar-refractivity contribution is 6.01. The zero-order valence-corrected chi connectivity index (χ0v) is 18.1. The monoisotopic (exact) mass is 418 g/mol. The number of amides is 2. The van der Waals surface area contributed by atoms with Crippen LogP contribution in [0.4, 0.5) is 11.5 Å². The summed E-state index contributed by atoms with van der Waals surface area (Å²) >= 11 is 0. The molecule has 1 aliphatic heterocycles. The van der Waals surface area contributed by atoms with Crippen molar-refractivity contribution in [2.75, 3.05) is 17.3 Å². The Morgan fingerprint density at radius 2 is 2.00 bits per heavy atom. The van der Waals surface area contributed by atoms with Crippen molar-refractivity contribution in [2.24, 2.45) is 5.92 Å². The largest absolute Gasteiger partial charge is 0.335 e. The Hall–Kier alpha value is -3.68. The van der Waals surface area contributed by atoms with Crippen LogP contribution in [0, 0.1) is 19.8 Å². The number of nitrogens with one attached hydrogen (secondary N) is 2. The molecular formula is C23H26N6O2. The quantitative estimate of drug-likeness (QED) is 0.664. The minimum atomic E-state index is -0.447. The molecule has 31 heavy (non-hydrogen) atoms. The molecule has 2 amide bonds. The van der Waals surface area contributed by atoms with Gasteiger partial charge in [-0.15, -0.1) is 0 Å². The lowest BCUT2D eigenvalue weighted by Crippen LogP contribution is -2.45. The van der Waals surface area contributed by atoms with Crippen LogP contribution in [0.25, 0.3) is 0 Å². The summed E-state index contributed by atoms with van der Waals surface area (Å²) in [5.74, 6) is 0.0240. The van der Waals surface area contributed by atoms with Gasteiger partial charge in [0.05, 0.1) is 23.7 Å². The first kappa shape index (κ1) is 20.6. The first-order valence-corrected chi connectivity index (χ1v) is 10.2. The van der Waals surface area contributed by atoms with Gasteiger partial charge in [-0.25, -0.2) is 4.98 Å². The van der Waals surface area contributed by atoms with Crippen LogP contribution in [-0.4, -0.2) is 33.6 Å². The van der Waals surface area contributed by atoms with E-state index in [4.69, 9.17) is 0 Å². The molecule has 8 heteroatoms. The van der Waals surface area contributed by atoms with Crippen molar-refractivity contribution in [1.82, 2.24) is 20.1 Å². The second-order valence-electron chi connectivity index (χ2n) is 7.95. The zero-order chi connectivity index (χ0) is 22.1. The maximum atomic E-state index is 12.9. The molecule has 1 aromatic carbocycles. The molecule has 160 valence electrons. The van der Waals surface area contributed by atoms with Crippen molar-refractivity contribution >= 4 is 23.3 Å². The highest BCUT2D eigenvalue weighted by Gasteiger charge is 2.32. The molecule has 2 atom stereocenters. The van der Waals surface area contributed by atoms with Crippen molar-refractivity contribution in [2.45, 2.75) is 33.5 Å². The summed E-state index contributed by atoms with van der Waals surface area (Å²) in [6.45, 7) is 6.29. The molecule has 2 N–H and O–H groups in total. The standard InChI is InChI=1S/C23H26N6O2/c1-14(13-29-16(3)12-15(2)27-29)22(30)25-19-10-6-5-8-17(19)21-26-23(31)18-9-7-11-24-20(18)28(21)4/h5-12,14,21H,13H2,1-4H3,(H,25,30)(H,26,31)/t14-,21+/m1/s1. The molecule has 0 saturated carbocycles. The van der Waals surface area contributed by atoms with Gasteiger partial charge in [0.15, 0.2) is 0 Å². The van der Waals surface area contributed by atoms with Crippen molar-refractivity contribution in [3.8, 4) is 0 Å². The maximum Gasteiger partial charge on any atom is 0.256 e. The van der Waals surface area contributed by atoms with Gasteiger partial charge in [0, 0.05) is 30.2 Å². The van der Waals surface area contributed by atoms with E-state index >= 15 is 0 Å². The number of nitrogens with zero attached hydrogens (tertiary/aromatic N) is 4. The third-order valence-corrected chi connectivity index (χ3v) is 5.53. The topological polar surface area (TPSA) is 92.2 Å². The van der Waals surface area contributed by atoms with Crippen LogP contribution >= 0.6 is 0 Å². The second-order valence-corrected chi connectivity index (χ2v) is 7.95. The number of fused-ring (bicyclic) bond motifs is 1. The molecule has 3 heterocycles. The number of carbonyl (C=O) groups excluding carboxylic acids is 2. The molecule has 4 rings (SSSR count). The van der Waals surface area contributed by atoms with E-state index in [-0.39, 0.29) is 17.7 Å². The summed E-state index contributed by atoms with van der Waals surface area (Å²) in [5, 5.41) is 10.5. The van der Waals surface area contributed by atoms with E-state index in [0.717, 1.165) is 17.0 Å². The van der Waals surface area contributed by atoms with Crippen molar-refractivity contribution in [3.05, 3.63) is 71.2 Å². The number of carbonyl (C=O) groups is 2. The number of hydrogen-bond donors (Lipinski definition) is 2. The first-order chi connectivity index (χ1) is 14.8. The molecule has 0 bridgehead atoms. The average molecular weight is 419 g/mol. The van der Waals surface area contributed by atoms with E-state index in [1.807, 2.05) is 67.7 Å². The van der Waals surface area contributed by atoms with Crippen molar-refractivity contribution in [3.63, 3.8) is 0 Å². The van der Waals surface area contributed by atoms with Crippen LogP contribution in [0.2, 0.25) is 0 Å². The SMILES string of the molecule is Cc1cc(C)n(C[C@@H](C)C(=O)Nc2ccccc2[C@H]2NC(=O)c3cccnc3N2C)n1. The van der Waals surface area contributed by atoms with Gasteiger partial charge >= 0.3 is 0 Å². The van der Waals surface area contributed by atoms with E-state index in [1.54, 1.807) is 18.3 Å². The molecular weight excluding hydrogens is 392 g/mol. The molecule has 2 aromatic heterocycles. The van der Waals surface area contributed by atoms with Gasteiger partial charge in [-0.1, -0.05) is 25.1 Å². The summed E-state index contributed by atoms with van der Waals surface area (Å²) in [6.07, 6.45) is 1.22. The molecule has 0 saturated heterocycles. The van der Waals surface area contributed by atoms with E-state index in [0.29, 0.717) is 23.6 Å². The number of aryl methyl sites for hydroxylation is 2. The Kier molecular flexibility index (Phi) is 5.46. The molecule has 0 unspecified atom stereocenters. The fourth-order valence-corrected chi connectivity index (χ4v) is 3.87. The molecule has 0 radical (unpaired) electrons. The Morgan fingerprint density at radius 3 is 2.74 bits per heavy atom. The number of aromatic nitrogens is 3. The first-order valence-electron chi connectivity index (χ1n) is 10.2. The average Bonchev–Trinajstić information content (AvgIpc) is 3.07. The molecule has 0 fully saturated rings. The van der Waals surface area contributed by atoms with Crippen LogP contribution in [-0.2, 0) is 11.3 Å². The fourth-order valence-electron chi connectivity index (χ4n) is 3.87. The Bertz CT molecular complexity index is 1140.